The molecule has 0 bridgehead atoms. The lowest BCUT2D eigenvalue weighted by Gasteiger charge is -2.38. The Morgan fingerprint density at radius 3 is 2.48 bits per heavy atom. The van der Waals surface area contributed by atoms with E-state index in [0.29, 0.717) is 38.0 Å². The maximum atomic E-state index is 12.7. The summed E-state index contributed by atoms with van der Waals surface area (Å²) in [7, 11) is 0. The molecule has 5 nitrogen and oxygen atoms in total. The molecule has 2 aliphatic rings. The van der Waals surface area contributed by atoms with Gasteiger partial charge in [-0.3, -0.25) is 9.69 Å². The first kappa shape index (κ1) is 18.3. The number of nitrogens with zero attached hydrogens (tertiary/aromatic N) is 3. The molecule has 138 valence electrons. The second kappa shape index (κ2) is 6.99. The smallest absolute Gasteiger partial charge is 0.353 e. The summed E-state index contributed by atoms with van der Waals surface area (Å²) in [6.45, 7) is 4.23. The fraction of sp³-hybridized carbons (Fsp3) is 0.625. The van der Waals surface area contributed by atoms with Gasteiger partial charge in [0.2, 0.25) is 5.91 Å². The molecule has 1 aliphatic heterocycles. The second-order valence-corrected chi connectivity index (χ2v) is 6.92. The van der Waals surface area contributed by atoms with Crippen molar-refractivity contribution in [3.63, 3.8) is 0 Å². The molecule has 1 aromatic heterocycles. The average molecular weight is 377 g/mol. The Bertz CT molecular complexity index is 643. The number of anilines is 1. The van der Waals surface area contributed by atoms with Gasteiger partial charge in [0.1, 0.15) is 5.82 Å². The molecular weight excluding hydrogens is 357 g/mol. The zero-order chi connectivity index (χ0) is 18.2. The molecule has 1 saturated heterocycles. The SMILES string of the molecule is CC(C(=O)NC1CC1)N1CCN(c2ncc(C(F)(F)F)cc2Cl)CC1. The van der Waals surface area contributed by atoms with Crippen molar-refractivity contribution in [1.29, 1.82) is 0 Å². The highest BCUT2D eigenvalue weighted by atomic mass is 35.5. The number of pyridine rings is 1. The van der Waals surface area contributed by atoms with Crippen LogP contribution in [-0.4, -0.2) is 54.1 Å². The highest BCUT2D eigenvalue weighted by Crippen LogP contribution is 2.33. The van der Waals surface area contributed by atoms with Crippen molar-refractivity contribution in [2.45, 2.75) is 38.0 Å². The molecule has 3 rings (SSSR count). The van der Waals surface area contributed by atoms with Crippen LogP contribution in [-0.2, 0) is 11.0 Å². The molecule has 2 heterocycles. The number of piperazine rings is 1. The first-order chi connectivity index (χ1) is 11.8. The third-order valence-electron chi connectivity index (χ3n) is 4.61. The molecule has 1 atom stereocenters. The summed E-state index contributed by atoms with van der Waals surface area (Å²) in [6, 6.07) is 1.01. The van der Waals surface area contributed by atoms with Crippen molar-refractivity contribution in [2.24, 2.45) is 0 Å². The minimum Gasteiger partial charge on any atom is -0.353 e. The van der Waals surface area contributed by atoms with Crippen LogP contribution in [0.5, 0.6) is 0 Å². The summed E-state index contributed by atoms with van der Waals surface area (Å²) in [4.78, 5) is 19.9. The molecule has 0 spiro atoms. The van der Waals surface area contributed by atoms with Gasteiger partial charge in [-0.15, -0.1) is 0 Å². The Morgan fingerprint density at radius 1 is 1.32 bits per heavy atom. The van der Waals surface area contributed by atoms with Gasteiger partial charge in [-0.25, -0.2) is 4.98 Å². The quantitative estimate of drug-likeness (QED) is 0.877. The van der Waals surface area contributed by atoms with Gasteiger partial charge in [0.25, 0.3) is 0 Å². The van der Waals surface area contributed by atoms with Crippen LogP contribution in [0.25, 0.3) is 0 Å². The van der Waals surface area contributed by atoms with Crippen LogP contribution in [0.2, 0.25) is 5.02 Å². The lowest BCUT2D eigenvalue weighted by atomic mass is 10.2. The number of amides is 1. The highest BCUT2D eigenvalue weighted by molar-refractivity contribution is 6.33. The Hall–Kier alpha value is -1.54. The topological polar surface area (TPSA) is 48.5 Å². The maximum Gasteiger partial charge on any atom is 0.417 e. The van der Waals surface area contributed by atoms with Gasteiger partial charge in [-0.2, -0.15) is 13.2 Å². The Balaban J connectivity index is 1.59. The third-order valence-corrected chi connectivity index (χ3v) is 4.89. The summed E-state index contributed by atoms with van der Waals surface area (Å²) in [6.07, 6.45) is -1.56. The molecule has 9 heteroatoms. The van der Waals surface area contributed by atoms with Crippen molar-refractivity contribution in [3.05, 3.63) is 22.8 Å². The van der Waals surface area contributed by atoms with E-state index in [-0.39, 0.29) is 17.0 Å². The van der Waals surface area contributed by atoms with Crippen LogP contribution in [0.3, 0.4) is 0 Å². The van der Waals surface area contributed by atoms with E-state index in [1.54, 1.807) is 0 Å². The van der Waals surface area contributed by atoms with Crippen LogP contribution < -0.4 is 10.2 Å². The fourth-order valence-electron chi connectivity index (χ4n) is 2.85. The van der Waals surface area contributed by atoms with Crippen molar-refractivity contribution in [3.8, 4) is 0 Å². The summed E-state index contributed by atoms with van der Waals surface area (Å²) >= 11 is 6.00. The van der Waals surface area contributed by atoms with E-state index >= 15 is 0 Å². The number of nitrogens with one attached hydrogen (secondary N) is 1. The van der Waals surface area contributed by atoms with E-state index in [1.807, 2.05) is 11.8 Å². The molecule has 0 radical (unpaired) electrons. The van der Waals surface area contributed by atoms with Crippen molar-refractivity contribution >= 4 is 23.3 Å². The average Bonchev–Trinajstić information content (AvgIpc) is 3.37. The molecule has 0 aromatic carbocycles. The molecule has 1 aliphatic carbocycles. The Kier molecular flexibility index (Phi) is 5.11. The van der Waals surface area contributed by atoms with E-state index < -0.39 is 11.7 Å². The molecule has 2 fully saturated rings. The molecule has 1 saturated carbocycles. The van der Waals surface area contributed by atoms with Crippen molar-refractivity contribution in [2.75, 3.05) is 31.1 Å². The van der Waals surface area contributed by atoms with Crippen LogP contribution >= 0.6 is 11.6 Å². The van der Waals surface area contributed by atoms with Crippen LogP contribution in [0.15, 0.2) is 12.3 Å². The highest BCUT2D eigenvalue weighted by Gasteiger charge is 2.33. The normalized spacial score (nSPS) is 20.4. The molecule has 1 amide bonds. The number of alkyl halides is 3. The molecular formula is C16H20ClF3N4O. The first-order valence-electron chi connectivity index (χ1n) is 8.28. The molecule has 1 unspecified atom stereocenters. The van der Waals surface area contributed by atoms with E-state index in [4.69, 9.17) is 11.6 Å². The minimum atomic E-state index is -4.46. The van der Waals surface area contributed by atoms with Crippen molar-refractivity contribution in [1.82, 2.24) is 15.2 Å². The number of hydrogen-bond acceptors (Lipinski definition) is 4. The van der Waals surface area contributed by atoms with Gasteiger partial charge in [0, 0.05) is 38.4 Å². The van der Waals surface area contributed by atoms with Gasteiger partial charge in [-0.05, 0) is 25.8 Å². The maximum absolute atomic E-state index is 12.7. The minimum absolute atomic E-state index is 0.0113. The second-order valence-electron chi connectivity index (χ2n) is 6.51. The van der Waals surface area contributed by atoms with Crippen molar-refractivity contribution < 1.29 is 18.0 Å². The van der Waals surface area contributed by atoms with E-state index in [2.05, 4.69) is 15.2 Å². The molecule has 1 N–H and O–H groups in total. The Labute approximate surface area is 149 Å². The van der Waals surface area contributed by atoms with Crippen LogP contribution in [0, 0.1) is 0 Å². The number of carbonyl (C=O) groups excluding carboxylic acids is 1. The standard InChI is InChI=1S/C16H20ClF3N4O/c1-10(15(25)22-12-2-3-12)23-4-6-24(7-5-23)14-13(17)8-11(9-21-14)16(18,19)20/h8-10,12H,2-7H2,1H3,(H,22,25). The monoisotopic (exact) mass is 376 g/mol. The van der Waals surface area contributed by atoms with E-state index in [1.165, 1.54) is 0 Å². The van der Waals surface area contributed by atoms with E-state index in [0.717, 1.165) is 25.1 Å². The van der Waals surface area contributed by atoms with Gasteiger partial charge < -0.3 is 10.2 Å². The molecule has 1 aromatic rings. The summed E-state index contributed by atoms with van der Waals surface area (Å²) < 4.78 is 38.1. The summed E-state index contributed by atoms with van der Waals surface area (Å²) in [5, 5.41) is 2.98. The first-order valence-corrected chi connectivity index (χ1v) is 8.65. The predicted molar refractivity (Wildman–Crippen MR) is 88.7 cm³/mol. The Morgan fingerprint density at radius 2 is 1.96 bits per heavy atom. The number of halogens is 4. The van der Waals surface area contributed by atoms with Crippen LogP contribution in [0.1, 0.15) is 25.3 Å². The largest absolute Gasteiger partial charge is 0.417 e. The number of aromatic nitrogens is 1. The van der Waals surface area contributed by atoms with Gasteiger partial charge >= 0.3 is 6.18 Å². The zero-order valence-electron chi connectivity index (χ0n) is 13.8. The van der Waals surface area contributed by atoms with Gasteiger partial charge in [0.05, 0.1) is 16.6 Å². The van der Waals surface area contributed by atoms with Gasteiger partial charge in [0.15, 0.2) is 0 Å². The lowest BCUT2D eigenvalue weighted by Crippen LogP contribution is -2.54. The molecule has 25 heavy (non-hydrogen) atoms. The van der Waals surface area contributed by atoms with Gasteiger partial charge in [-0.1, -0.05) is 11.6 Å². The number of hydrogen-bond donors (Lipinski definition) is 1. The fourth-order valence-corrected chi connectivity index (χ4v) is 3.14. The lowest BCUT2D eigenvalue weighted by molar-refractivity contribution is -0.137. The summed E-state index contributed by atoms with van der Waals surface area (Å²) in [5.41, 5.74) is -0.856. The zero-order valence-corrected chi connectivity index (χ0v) is 14.6. The van der Waals surface area contributed by atoms with Crippen LogP contribution in [0.4, 0.5) is 19.0 Å². The number of rotatable bonds is 4. The third kappa shape index (κ3) is 4.36. The predicted octanol–water partition coefficient (Wildman–Crippen LogP) is 2.54. The summed E-state index contributed by atoms with van der Waals surface area (Å²) in [5.74, 6) is 0.381. The van der Waals surface area contributed by atoms with E-state index in [9.17, 15) is 18.0 Å². The number of carbonyl (C=O) groups is 1.